The van der Waals surface area contributed by atoms with Crippen LogP contribution in [0.15, 0.2) is 90.0 Å². The summed E-state index contributed by atoms with van der Waals surface area (Å²) >= 11 is 0. The minimum absolute atomic E-state index is 0.122. The number of benzene rings is 3. The Morgan fingerprint density at radius 1 is 0.857 bits per heavy atom. The molecule has 0 spiro atoms. The van der Waals surface area contributed by atoms with E-state index in [1.807, 2.05) is 47.2 Å². The summed E-state index contributed by atoms with van der Waals surface area (Å²) in [6.45, 7) is 0.462. The number of rotatable bonds is 6. The van der Waals surface area contributed by atoms with Crippen molar-refractivity contribution in [2.75, 3.05) is 0 Å². The van der Waals surface area contributed by atoms with Gasteiger partial charge in [0.15, 0.2) is 0 Å². The monoisotopic (exact) mass is 394 g/mol. The second kappa shape index (κ2) is 7.58. The van der Waals surface area contributed by atoms with Crippen molar-refractivity contribution in [1.82, 2.24) is 9.29 Å². The van der Waals surface area contributed by atoms with Gasteiger partial charge in [-0.3, -0.25) is 0 Å². The van der Waals surface area contributed by atoms with E-state index in [-0.39, 0.29) is 17.3 Å². The highest BCUT2D eigenvalue weighted by molar-refractivity contribution is 7.89. The highest BCUT2D eigenvalue weighted by Gasteiger charge is 2.15. The summed E-state index contributed by atoms with van der Waals surface area (Å²) in [5.41, 5.74) is 1.31. The average molecular weight is 394 g/mol. The van der Waals surface area contributed by atoms with Crippen LogP contribution in [0.3, 0.4) is 0 Å². The minimum Gasteiger partial charge on any atom is -0.346 e. The molecule has 0 saturated heterocycles. The standard InChI is InChI=1S/C22H19FN2O2S/c23-22-10-4-3-8-19(22)16-25-13-5-9-20(25)15-24-28(26,27)21-12-11-17-6-1-2-7-18(17)14-21/h1-14,24H,15-16H2. The Kier molecular flexibility index (Phi) is 4.98. The van der Waals surface area contributed by atoms with Crippen molar-refractivity contribution in [3.63, 3.8) is 0 Å². The van der Waals surface area contributed by atoms with Crippen LogP contribution in [0.5, 0.6) is 0 Å². The Balaban J connectivity index is 1.52. The zero-order valence-electron chi connectivity index (χ0n) is 15.0. The summed E-state index contributed by atoms with van der Waals surface area (Å²) in [5.74, 6) is -0.279. The fraction of sp³-hybridized carbons (Fsp3) is 0.0909. The summed E-state index contributed by atoms with van der Waals surface area (Å²) < 4.78 is 43.8. The van der Waals surface area contributed by atoms with Crippen molar-refractivity contribution >= 4 is 20.8 Å². The van der Waals surface area contributed by atoms with Crippen LogP contribution in [0.25, 0.3) is 10.8 Å². The molecule has 0 aliphatic carbocycles. The fourth-order valence-corrected chi connectivity index (χ4v) is 4.20. The first-order valence-corrected chi connectivity index (χ1v) is 10.4. The lowest BCUT2D eigenvalue weighted by molar-refractivity contribution is 0.574. The van der Waals surface area contributed by atoms with Crippen molar-refractivity contribution in [3.8, 4) is 0 Å². The number of hydrogen-bond acceptors (Lipinski definition) is 2. The van der Waals surface area contributed by atoms with Crippen LogP contribution in [0.2, 0.25) is 0 Å². The van der Waals surface area contributed by atoms with Gasteiger partial charge in [-0.1, -0.05) is 48.5 Å². The van der Waals surface area contributed by atoms with E-state index >= 15 is 0 Å². The van der Waals surface area contributed by atoms with Crippen molar-refractivity contribution < 1.29 is 12.8 Å². The molecule has 1 aromatic heterocycles. The van der Waals surface area contributed by atoms with Crippen LogP contribution in [0.1, 0.15) is 11.3 Å². The van der Waals surface area contributed by atoms with E-state index in [9.17, 15) is 12.8 Å². The molecule has 3 aromatic carbocycles. The largest absolute Gasteiger partial charge is 0.346 e. The summed E-state index contributed by atoms with van der Waals surface area (Å²) in [6, 6.07) is 22.9. The van der Waals surface area contributed by atoms with Gasteiger partial charge in [-0.15, -0.1) is 0 Å². The highest BCUT2D eigenvalue weighted by atomic mass is 32.2. The van der Waals surface area contributed by atoms with Crippen molar-refractivity contribution in [2.24, 2.45) is 0 Å². The van der Waals surface area contributed by atoms with Crippen LogP contribution in [-0.4, -0.2) is 13.0 Å². The maximum Gasteiger partial charge on any atom is 0.240 e. The summed E-state index contributed by atoms with van der Waals surface area (Å²) in [5, 5.41) is 1.86. The number of fused-ring (bicyclic) bond motifs is 1. The number of sulfonamides is 1. The molecule has 0 aliphatic rings. The molecule has 0 radical (unpaired) electrons. The van der Waals surface area contributed by atoms with E-state index < -0.39 is 10.0 Å². The van der Waals surface area contributed by atoms with Crippen molar-refractivity contribution in [1.29, 1.82) is 0 Å². The Bertz CT molecular complexity index is 1230. The van der Waals surface area contributed by atoms with Crippen LogP contribution in [-0.2, 0) is 23.1 Å². The van der Waals surface area contributed by atoms with E-state index in [2.05, 4.69) is 4.72 Å². The molecule has 0 unspecified atom stereocenters. The molecule has 0 saturated carbocycles. The molecule has 0 fully saturated rings. The van der Waals surface area contributed by atoms with Crippen LogP contribution in [0.4, 0.5) is 4.39 Å². The topological polar surface area (TPSA) is 51.1 Å². The predicted molar refractivity (Wildman–Crippen MR) is 108 cm³/mol. The molecule has 6 heteroatoms. The highest BCUT2D eigenvalue weighted by Crippen LogP contribution is 2.19. The lowest BCUT2D eigenvalue weighted by Crippen LogP contribution is -2.24. The summed E-state index contributed by atoms with van der Waals surface area (Å²) in [7, 11) is -3.66. The smallest absolute Gasteiger partial charge is 0.240 e. The molecule has 142 valence electrons. The van der Waals surface area contributed by atoms with Gasteiger partial charge in [0.2, 0.25) is 10.0 Å². The van der Waals surface area contributed by atoms with E-state index in [1.165, 1.54) is 6.07 Å². The SMILES string of the molecule is O=S(=O)(NCc1cccn1Cc1ccccc1F)c1ccc2ccccc2c1. The first-order valence-electron chi connectivity index (χ1n) is 8.89. The maximum atomic E-state index is 13.9. The van der Waals surface area contributed by atoms with Crippen LogP contribution in [0, 0.1) is 5.82 Å². The third-order valence-electron chi connectivity index (χ3n) is 4.70. The number of nitrogens with one attached hydrogen (secondary N) is 1. The Morgan fingerprint density at radius 3 is 2.43 bits per heavy atom. The molecule has 4 nitrogen and oxygen atoms in total. The summed E-state index contributed by atoms with van der Waals surface area (Å²) in [6.07, 6.45) is 1.81. The quantitative estimate of drug-likeness (QED) is 0.530. The molecule has 0 bridgehead atoms. The zero-order chi connectivity index (χ0) is 19.6. The van der Waals surface area contributed by atoms with Crippen molar-refractivity contribution in [3.05, 3.63) is 102 Å². The minimum atomic E-state index is -3.66. The molecule has 1 N–H and O–H groups in total. The molecule has 4 rings (SSSR count). The third kappa shape index (κ3) is 3.83. The van der Waals surface area contributed by atoms with Gasteiger partial charge < -0.3 is 4.57 Å². The van der Waals surface area contributed by atoms with Gasteiger partial charge in [-0.25, -0.2) is 17.5 Å². The number of halogens is 1. The van der Waals surface area contributed by atoms with Gasteiger partial charge in [0.05, 0.1) is 18.0 Å². The summed E-state index contributed by atoms with van der Waals surface area (Å²) in [4.78, 5) is 0.221. The average Bonchev–Trinajstić information content (AvgIpc) is 3.15. The van der Waals surface area contributed by atoms with E-state index in [0.717, 1.165) is 16.5 Å². The molecule has 0 amide bonds. The van der Waals surface area contributed by atoms with Gasteiger partial charge >= 0.3 is 0 Å². The predicted octanol–water partition coefficient (Wildman–Crippen LogP) is 4.31. The van der Waals surface area contributed by atoms with E-state index in [4.69, 9.17) is 0 Å². The molecular formula is C22H19FN2O2S. The second-order valence-corrected chi connectivity index (χ2v) is 8.32. The molecule has 1 heterocycles. The van der Waals surface area contributed by atoms with Gasteiger partial charge in [0, 0.05) is 17.5 Å². The maximum absolute atomic E-state index is 13.9. The number of nitrogens with zero attached hydrogens (tertiary/aromatic N) is 1. The lowest BCUT2D eigenvalue weighted by Gasteiger charge is -2.12. The van der Waals surface area contributed by atoms with Gasteiger partial charge in [-0.05, 0) is 41.1 Å². The first-order chi connectivity index (χ1) is 13.5. The lowest BCUT2D eigenvalue weighted by atomic mass is 10.1. The fourth-order valence-electron chi connectivity index (χ4n) is 3.16. The Morgan fingerprint density at radius 2 is 1.61 bits per heavy atom. The Labute approximate surface area is 163 Å². The third-order valence-corrected chi connectivity index (χ3v) is 6.10. The molecule has 0 atom stereocenters. The normalized spacial score (nSPS) is 11.8. The second-order valence-electron chi connectivity index (χ2n) is 6.55. The Hall–Kier alpha value is -2.96. The van der Waals surface area contributed by atoms with E-state index in [1.54, 1.807) is 36.4 Å². The number of hydrogen-bond donors (Lipinski definition) is 1. The number of aromatic nitrogens is 1. The van der Waals surface area contributed by atoms with Crippen LogP contribution >= 0.6 is 0 Å². The molecule has 4 aromatic rings. The molecular weight excluding hydrogens is 375 g/mol. The molecule has 28 heavy (non-hydrogen) atoms. The van der Waals surface area contributed by atoms with Gasteiger partial charge in [0.25, 0.3) is 0 Å². The van der Waals surface area contributed by atoms with E-state index in [0.29, 0.717) is 12.1 Å². The molecule has 0 aliphatic heterocycles. The van der Waals surface area contributed by atoms with Crippen molar-refractivity contribution in [2.45, 2.75) is 18.0 Å². The van der Waals surface area contributed by atoms with Crippen LogP contribution < -0.4 is 4.72 Å². The van der Waals surface area contributed by atoms with Gasteiger partial charge in [-0.2, -0.15) is 0 Å². The first kappa shape index (κ1) is 18.4. The zero-order valence-corrected chi connectivity index (χ0v) is 15.9. The van der Waals surface area contributed by atoms with Gasteiger partial charge in [0.1, 0.15) is 5.82 Å².